The molecule has 170 valence electrons. The molecule has 10 heteroatoms. The summed E-state index contributed by atoms with van der Waals surface area (Å²) < 4.78 is 9.82. The van der Waals surface area contributed by atoms with Crippen LogP contribution in [-0.4, -0.2) is 44.0 Å². The molecule has 0 saturated carbocycles. The molecule has 32 heavy (non-hydrogen) atoms. The number of fused-ring (bicyclic) bond motifs is 1. The van der Waals surface area contributed by atoms with Crippen LogP contribution in [0.3, 0.4) is 0 Å². The fourth-order valence-corrected chi connectivity index (χ4v) is 4.91. The lowest BCUT2D eigenvalue weighted by atomic mass is 9.88. The molecule has 0 spiro atoms. The first-order valence-electron chi connectivity index (χ1n) is 10.0. The molecule has 1 heterocycles. The number of amides is 2. The highest BCUT2D eigenvalue weighted by Gasteiger charge is 2.29. The maximum absolute atomic E-state index is 12.3. The lowest BCUT2D eigenvalue weighted by Crippen LogP contribution is -2.32. The van der Waals surface area contributed by atoms with Crippen molar-refractivity contribution in [3.8, 4) is 0 Å². The zero-order valence-electron chi connectivity index (χ0n) is 17.7. The average Bonchev–Trinajstić information content (AvgIpc) is 3.12. The van der Waals surface area contributed by atoms with Crippen LogP contribution < -0.4 is 10.6 Å². The number of nitrogens with one attached hydrogen (secondary N) is 2. The summed E-state index contributed by atoms with van der Waals surface area (Å²) >= 11 is 7.12. The van der Waals surface area contributed by atoms with Crippen molar-refractivity contribution in [1.29, 1.82) is 0 Å². The third-order valence-electron chi connectivity index (χ3n) is 5.02. The van der Waals surface area contributed by atoms with Gasteiger partial charge in [-0.1, -0.05) is 18.5 Å². The van der Waals surface area contributed by atoms with Gasteiger partial charge in [-0.25, -0.2) is 4.79 Å². The molecule has 1 aromatic carbocycles. The van der Waals surface area contributed by atoms with Crippen molar-refractivity contribution in [3.63, 3.8) is 0 Å². The van der Waals surface area contributed by atoms with E-state index in [9.17, 15) is 19.2 Å². The Hall–Kier alpha value is -2.91. The lowest BCUT2D eigenvalue weighted by molar-refractivity contribution is -0.146. The van der Waals surface area contributed by atoms with Gasteiger partial charge in [0.2, 0.25) is 0 Å². The van der Waals surface area contributed by atoms with Gasteiger partial charge in [0.25, 0.3) is 11.8 Å². The van der Waals surface area contributed by atoms with Crippen LogP contribution in [0.4, 0.5) is 5.00 Å². The molecule has 1 aromatic heterocycles. The quantitative estimate of drug-likeness (QED) is 0.591. The Morgan fingerprint density at radius 3 is 2.59 bits per heavy atom. The van der Waals surface area contributed by atoms with E-state index in [-0.39, 0.29) is 0 Å². The van der Waals surface area contributed by atoms with E-state index in [0.29, 0.717) is 27.1 Å². The fraction of sp³-hybridized carbons (Fsp3) is 0.364. The topological polar surface area (TPSA) is 111 Å². The van der Waals surface area contributed by atoms with E-state index in [0.717, 1.165) is 29.7 Å². The van der Waals surface area contributed by atoms with Gasteiger partial charge in [-0.3, -0.25) is 14.4 Å². The molecule has 2 aromatic rings. The summed E-state index contributed by atoms with van der Waals surface area (Å²) in [7, 11) is 1.30. The van der Waals surface area contributed by atoms with Crippen molar-refractivity contribution in [2.45, 2.75) is 26.2 Å². The van der Waals surface area contributed by atoms with Crippen LogP contribution in [0.15, 0.2) is 24.3 Å². The standard InChI is InChI=1S/C22H23ClN2O6S/c1-12-3-8-15-16(9-12)32-21(19(15)22(29)30-2)25-17(26)11-31-18(27)10-24-20(28)13-4-6-14(23)7-5-13/h4-7,12H,3,8-11H2,1-2H3,(H,24,28)(H,25,26). The van der Waals surface area contributed by atoms with Crippen molar-refractivity contribution in [1.82, 2.24) is 5.32 Å². The summed E-state index contributed by atoms with van der Waals surface area (Å²) in [5.41, 5.74) is 1.62. The van der Waals surface area contributed by atoms with Crippen LogP contribution in [-0.2, 0) is 31.9 Å². The smallest absolute Gasteiger partial charge is 0.341 e. The minimum Gasteiger partial charge on any atom is -0.465 e. The van der Waals surface area contributed by atoms with Gasteiger partial charge in [0.15, 0.2) is 6.61 Å². The number of carbonyl (C=O) groups excluding carboxylic acids is 4. The summed E-state index contributed by atoms with van der Waals surface area (Å²) in [5, 5.41) is 5.95. The van der Waals surface area contributed by atoms with Crippen LogP contribution in [0, 0.1) is 5.92 Å². The molecule has 3 rings (SSSR count). The molecule has 0 bridgehead atoms. The number of halogens is 1. The third kappa shape index (κ3) is 5.86. The van der Waals surface area contributed by atoms with E-state index in [1.807, 2.05) is 0 Å². The number of methoxy groups -OCH3 is 1. The van der Waals surface area contributed by atoms with Gasteiger partial charge in [-0.2, -0.15) is 0 Å². The maximum Gasteiger partial charge on any atom is 0.341 e. The molecule has 8 nitrogen and oxygen atoms in total. The molecule has 2 N–H and O–H groups in total. The molecule has 0 aliphatic heterocycles. The van der Waals surface area contributed by atoms with Gasteiger partial charge >= 0.3 is 11.9 Å². The first-order valence-corrected chi connectivity index (χ1v) is 11.2. The Labute approximate surface area is 194 Å². The number of anilines is 1. The summed E-state index contributed by atoms with van der Waals surface area (Å²) in [5.74, 6) is -1.83. The Balaban J connectivity index is 1.53. The lowest BCUT2D eigenvalue weighted by Gasteiger charge is -2.18. The minimum absolute atomic E-state index is 0.339. The van der Waals surface area contributed by atoms with Gasteiger partial charge in [-0.05, 0) is 55.0 Å². The van der Waals surface area contributed by atoms with Crippen molar-refractivity contribution < 1.29 is 28.7 Å². The van der Waals surface area contributed by atoms with Crippen molar-refractivity contribution in [3.05, 3.63) is 50.9 Å². The number of rotatable bonds is 7. The van der Waals surface area contributed by atoms with Gasteiger partial charge in [0.05, 0.1) is 12.7 Å². The summed E-state index contributed by atoms with van der Waals surface area (Å²) in [4.78, 5) is 49.6. The summed E-state index contributed by atoms with van der Waals surface area (Å²) in [6.07, 6.45) is 2.54. The number of benzene rings is 1. The predicted molar refractivity (Wildman–Crippen MR) is 120 cm³/mol. The fourth-order valence-electron chi connectivity index (χ4n) is 3.37. The Morgan fingerprint density at radius 1 is 1.19 bits per heavy atom. The largest absolute Gasteiger partial charge is 0.465 e. The van der Waals surface area contributed by atoms with E-state index >= 15 is 0 Å². The molecule has 0 fully saturated rings. The van der Waals surface area contributed by atoms with Crippen LogP contribution in [0.1, 0.15) is 44.5 Å². The Bertz CT molecular complexity index is 1030. The van der Waals surface area contributed by atoms with Crippen molar-refractivity contribution in [2.75, 3.05) is 25.6 Å². The normalized spacial score (nSPS) is 14.8. The number of thiophene rings is 1. The average molecular weight is 479 g/mol. The molecule has 0 saturated heterocycles. The highest BCUT2D eigenvalue weighted by molar-refractivity contribution is 7.17. The number of carbonyl (C=O) groups is 4. The predicted octanol–water partition coefficient (Wildman–Crippen LogP) is 3.22. The summed E-state index contributed by atoms with van der Waals surface area (Å²) in [6, 6.07) is 6.17. The van der Waals surface area contributed by atoms with E-state index < -0.39 is 36.9 Å². The number of hydrogen-bond donors (Lipinski definition) is 2. The molecular weight excluding hydrogens is 456 g/mol. The molecular formula is C22H23ClN2O6S. The monoisotopic (exact) mass is 478 g/mol. The van der Waals surface area contributed by atoms with Crippen LogP contribution in [0.25, 0.3) is 0 Å². The second-order valence-electron chi connectivity index (χ2n) is 7.45. The minimum atomic E-state index is -0.769. The second-order valence-corrected chi connectivity index (χ2v) is 8.99. The van der Waals surface area contributed by atoms with E-state index in [1.54, 1.807) is 12.1 Å². The van der Waals surface area contributed by atoms with Crippen LogP contribution in [0.5, 0.6) is 0 Å². The molecule has 0 radical (unpaired) electrons. The van der Waals surface area contributed by atoms with Gasteiger partial charge in [0.1, 0.15) is 11.5 Å². The highest BCUT2D eigenvalue weighted by Crippen LogP contribution is 2.40. The molecule has 1 atom stereocenters. The summed E-state index contributed by atoms with van der Waals surface area (Å²) in [6.45, 7) is 1.20. The van der Waals surface area contributed by atoms with Gasteiger partial charge in [0, 0.05) is 15.5 Å². The van der Waals surface area contributed by atoms with Crippen LogP contribution >= 0.6 is 22.9 Å². The highest BCUT2D eigenvalue weighted by atomic mass is 35.5. The van der Waals surface area contributed by atoms with Crippen LogP contribution in [0.2, 0.25) is 5.02 Å². The SMILES string of the molecule is COC(=O)c1c(NC(=O)COC(=O)CNC(=O)c2ccc(Cl)cc2)sc2c1CCC(C)C2. The Morgan fingerprint density at radius 2 is 1.91 bits per heavy atom. The van der Waals surface area contributed by atoms with Gasteiger partial charge < -0.3 is 20.1 Å². The Kier molecular flexibility index (Phi) is 7.87. The first kappa shape index (κ1) is 23.7. The number of hydrogen-bond acceptors (Lipinski definition) is 7. The third-order valence-corrected chi connectivity index (χ3v) is 6.44. The van der Waals surface area contributed by atoms with Crippen molar-refractivity contribution in [2.24, 2.45) is 5.92 Å². The zero-order valence-corrected chi connectivity index (χ0v) is 19.2. The molecule has 1 unspecified atom stereocenters. The maximum atomic E-state index is 12.3. The number of ether oxygens (including phenoxy) is 2. The zero-order chi connectivity index (χ0) is 23.3. The first-order chi connectivity index (χ1) is 15.3. The van der Waals surface area contributed by atoms with E-state index in [4.69, 9.17) is 21.1 Å². The molecule has 1 aliphatic rings. The van der Waals surface area contributed by atoms with Crippen molar-refractivity contribution >= 4 is 51.7 Å². The van der Waals surface area contributed by atoms with Gasteiger partial charge in [-0.15, -0.1) is 11.3 Å². The molecule has 2 amide bonds. The second kappa shape index (κ2) is 10.6. The van der Waals surface area contributed by atoms with E-state index in [1.165, 1.54) is 30.6 Å². The molecule has 1 aliphatic carbocycles. The number of esters is 2. The van der Waals surface area contributed by atoms with E-state index in [2.05, 4.69) is 17.6 Å².